The maximum Gasteiger partial charge on any atom is 0.221 e. The van der Waals surface area contributed by atoms with E-state index in [4.69, 9.17) is 0 Å². The van der Waals surface area contributed by atoms with Crippen LogP contribution in [0.4, 0.5) is 15.8 Å². The van der Waals surface area contributed by atoms with Crippen molar-refractivity contribution in [3.8, 4) is 0 Å². The molecule has 3 rings (SSSR count). The first kappa shape index (κ1) is 16.5. The molecule has 1 N–H and O–H groups in total. The fraction of sp³-hybridized carbons (Fsp3) is 0.316. The number of carbonyl (C=O) groups is 1. The molecule has 5 heteroatoms. The maximum absolute atomic E-state index is 13.0. The van der Waals surface area contributed by atoms with Gasteiger partial charge in [0.2, 0.25) is 5.91 Å². The first-order valence-corrected chi connectivity index (χ1v) is 8.19. The Kier molecular flexibility index (Phi) is 5.11. The molecule has 126 valence electrons. The van der Waals surface area contributed by atoms with Crippen LogP contribution in [0.5, 0.6) is 0 Å². The first-order chi connectivity index (χ1) is 11.6. The van der Waals surface area contributed by atoms with E-state index in [1.54, 1.807) is 0 Å². The van der Waals surface area contributed by atoms with Gasteiger partial charge in [0.15, 0.2) is 0 Å². The monoisotopic (exact) mass is 327 g/mol. The van der Waals surface area contributed by atoms with Crippen LogP contribution in [0.3, 0.4) is 0 Å². The number of amides is 1. The second-order valence-corrected chi connectivity index (χ2v) is 6.12. The minimum absolute atomic E-state index is 0.0582. The second-order valence-electron chi connectivity index (χ2n) is 6.12. The first-order valence-electron chi connectivity index (χ1n) is 8.19. The molecule has 0 aliphatic carbocycles. The van der Waals surface area contributed by atoms with Crippen LogP contribution in [0.2, 0.25) is 0 Å². The van der Waals surface area contributed by atoms with Crippen LogP contribution in [0.25, 0.3) is 0 Å². The molecule has 1 saturated heterocycles. The number of benzene rings is 2. The summed E-state index contributed by atoms with van der Waals surface area (Å²) in [6.45, 7) is 6.24. The topological polar surface area (TPSA) is 35.6 Å². The van der Waals surface area contributed by atoms with Crippen molar-refractivity contribution < 1.29 is 9.18 Å². The van der Waals surface area contributed by atoms with Crippen LogP contribution in [0.1, 0.15) is 12.5 Å². The zero-order chi connectivity index (χ0) is 16.9. The lowest BCUT2D eigenvalue weighted by Gasteiger charge is -2.36. The van der Waals surface area contributed by atoms with Crippen LogP contribution in [0.15, 0.2) is 48.5 Å². The molecule has 1 aliphatic heterocycles. The molecule has 0 spiro atoms. The number of nitrogens with one attached hydrogen (secondary N) is 1. The zero-order valence-electron chi connectivity index (χ0n) is 13.8. The lowest BCUT2D eigenvalue weighted by Crippen LogP contribution is -2.45. The van der Waals surface area contributed by atoms with Gasteiger partial charge >= 0.3 is 0 Å². The third-order valence-corrected chi connectivity index (χ3v) is 4.24. The van der Waals surface area contributed by atoms with E-state index in [0.29, 0.717) is 0 Å². The predicted octanol–water partition coefficient (Wildman–Crippen LogP) is 3.11. The van der Waals surface area contributed by atoms with Gasteiger partial charge in [-0.2, -0.15) is 0 Å². The molecular formula is C19H22FN3O. The molecule has 0 bridgehead atoms. The molecule has 2 aromatic carbocycles. The smallest absolute Gasteiger partial charge is 0.221 e. The van der Waals surface area contributed by atoms with E-state index in [9.17, 15) is 9.18 Å². The second kappa shape index (κ2) is 7.45. The number of anilines is 2. The predicted molar refractivity (Wildman–Crippen MR) is 94.6 cm³/mol. The highest BCUT2D eigenvalue weighted by Crippen LogP contribution is 2.20. The van der Waals surface area contributed by atoms with Gasteiger partial charge in [-0.3, -0.25) is 9.69 Å². The van der Waals surface area contributed by atoms with Crippen molar-refractivity contribution in [2.45, 2.75) is 13.5 Å². The summed E-state index contributed by atoms with van der Waals surface area (Å²) in [5.74, 6) is -0.247. The van der Waals surface area contributed by atoms with Gasteiger partial charge in [0.1, 0.15) is 5.82 Å². The highest BCUT2D eigenvalue weighted by molar-refractivity contribution is 5.88. The van der Waals surface area contributed by atoms with Crippen molar-refractivity contribution in [1.82, 2.24) is 4.90 Å². The Balaban J connectivity index is 1.52. The van der Waals surface area contributed by atoms with Crippen LogP contribution < -0.4 is 10.2 Å². The van der Waals surface area contributed by atoms with Crippen molar-refractivity contribution in [2.24, 2.45) is 0 Å². The van der Waals surface area contributed by atoms with Crippen molar-refractivity contribution in [1.29, 1.82) is 0 Å². The van der Waals surface area contributed by atoms with Crippen molar-refractivity contribution in [3.05, 3.63) is 59.9 Å². The molecule has 0 atom stereocenters. The third kappa shape index (κ3) is 4.32. The van der Waals surface area contributed by atoms with Crippen LogP contribution >= 0.6 is 0 Å². The number of halogens is 1. The average molecular weight is 327 g/mol. The van der Waals surface area contributed by atoms with Gasteiger partial charge in [-0.05, 0) is 42.0 Å². The lowest BCUT2D eigenvalue weighted by atomic mass is 10.2. The van der Waals surface area contributed by atoms with E-state index in [0.717, 1.165) is 44.0 Å². The van der Waals surface area contributed by atoms with E-state index >= 15 is 0 Å². The van der Waals surface area contributed by atoms with Crippen molar-refractivity contribution >= 4 is 17.3 Å². The summed E-state index contributed by atoms with van der Waals surface area (Å²) in [4.78, 5) is 15.8. The van der Waals surface area contributed by atoms with E-state index < -0.39 is 0 Å². The molecule has 1 heterocycles. The quantitative estimate of drug-likeness (QED) is 0.937. The molecule has 0 unspecified atom stereocenters. The van der Waals surface area contributed by atoms with Crippen molar-refractivity contribution in [2.75, 3.05) is 36.4 Å². The largest absolute Gasteiger partial charge is 0.369 e. The number of carbonyl (C=O) groups excluding carboxylic acids is 1. The standard InChI is InChI=1S/C19H22FN3O/c1-15(24)21-18-6-8-19(9-7-18)23-12-10-22(11-13-23)14-16-2-4-17(20)5-3-16/h2-9H,10-14H2,1H3,(H,21,24). The Morgan fingerprint density at radius 3 is 2.21 bits per heavy atom. The Labute approximate surface area is 141 Å². The average Bonchev–Trinajstić information content (AvgIpc) is 2.58. The summed E-state index contributed by atoms with van der Waals surface area (Å²) >= 11 is 0. The normalized spacial score (nSPS) is 15.3. The molecule has 0 saturated carbocycles. The molecule has 1 fully saturated rings. The summed E-state index contributed by atoms with van der Waals surface area (Å²) in [7, 11) is 0. The summed E-state index contributed by atoms with van der Waals surface area (Å²) in [5, 5.41) is 2.78. The SMILES string of the molecule is CC(=O)Nc1ccc(N2CCN(Cc3ccc(F)cc3)CC2)cc1. The van der Waals surface area contributed by atoms with Gasteiger partial charge < -0.3 is 10.2 Å². The zero-order valence-corrected chi connectivity index (χ0v) is 13.8. The molecule has 0 aromatic heterocycles. The van der Waals surface area contributed by atoms with Gasteiger partial charge in [0.05, 0.1) is 0 Å². The highest BCUT2D eigenvalue weighted by atomic mass is 19.1. The van der Waals surface area contributed by atoms with Gasteiger partial charge in [0.25, 0.3) is 0 Å². The molecule has 1 aliphatic rings. The summed E-state index contributed by atoms with van der Waals surface area (Å²) in [6.07, 6.45) is 0. The van der Waals surface area contributed by atoms with Gasteiger partial charge in [-0.1, -0.05) is 12.1 Å². The molecule has 2 aromatic rings. The number of hydrogen-bond acceptors (Lipinski definition) is 3. The fourth-order valence-corrected chi connectivity index (χ4v) is 2.97. The number of rotatable bonds is 4. The summed E-state index contributed by atoms with van der Waals surface area (Å²) < 4.78 is 13.0. The molecule has 1 amide bonds. The third-order valence-electron chi connectivity index (χ3n) is 4.24. The minimum atomic E-state index is -0.189. The Bertz CT molecular complexity index is 677. The number of hydrogen-bond donors (Lipinski definition) is 1. The Morgan fingerprint density at radius 2 is 1.62 bits per heavy atom. The molecule has 4 nitrogen and oxygen atoms in total. The van der Waals surface area contributed by atoms with Crippen LogP contribution in [-0.2, 0) is 11.3 Å². The Morgan fingerprint density at radius 1 is 1.00 bits per heavy atom. The van der Waals surface area contributed by atoms with Crippen LogP contribution in [-0.4, -0.2) is 37.0 Å². The summed E-state index contributed by atoms with van der Waals surface area (Å²) in [6, 6.07) is 14.7. The van der Waals surface area contributed by atoms with E-state index in [1.807, 2.05) is 36.4 Å². The summed E-state index contributed by atoms with van der Waals surface area (Å²) in [5.41, 5.74) is 3.14. The Hall–Kier alpha value is -2.40. The van der Waals surface area contributed by atoms with E-state index in [2.05, 4.69) is 15.1 Å². The number of piperazine rings is 1. The van der Waals surface area contributed by atoms with E-state index in [1.165, 1.54) is 24.7 Å². The fourth-order valence-electron chi connectivity index (χ4n) is 2.97. The van der Waals surface area contributed by atoms with Gasteiger partial charge in [0, 0.05) is 51.0 Å². The van der Waals surface area contributed by atoms with Gasteiger partial charge in [-0.15, -0.1) is 0 Å². The van der Waals surface area contributed by atoms with Crippen molar-refractivity contribution in [3.63, 3.8) is 0 Å². The van der Waals surface area contributed by atoms with E-state index in [-0.39, 0.29) is 11.7 Å². The van der Waals surface area contributed by atoms with Gasteiger partial charge in [-0.25, -0.2) is 4.39 Å². The number of nitrogens with zero attached hydrogens (tertiary/aromatic N) is 2. The minimum Gasteiger partial charge on any atom is -0.369 e. The molecular weight excluding hydrogens is 305 g/mol. The highest BCUT2D eigenvalue weighted by Gasteiger charge is 2.17. The molecule has 0 radical (unpaired) electrons. The molecule has 24 heavy (non-hydrogen) atoms. The lowest BCUT2D eigenvalue weighted by molar-refractivity contribution is -0.114. The maximum atomic E-state index is 13.0. The van der Waals surface area contributed by atoms with Crippen LogP contribution in [0, 0.1) is 5.82 Å².